The number of ether oxygens (including phenoxy) is 1. The average molecular weight is 480 g/mol. The molecule has 2 saturated heterocycles. The minimum Gasteiger partial charge on any atom is -0.459 e. The molecule has 2 amide bonds. The molecule has 1 aromatic carbocycles. The van der Waals surface area contributed by atoms with Crippen molar-refractivity contribution in [3.05, 3.63) is 48.0 Å². The summed E-state index contributed by atoms with van der Waals surface area (Å²) in [4.78, 5) is 38.5. The van der Waals surface area contributed by atoms with Gasteiger partial charge in [0.1, 0.15) is 18.0 Å². The summed E-state index contributed by atoms with van der Waals surface area (Å²) >= 11 is 16.8. The summed E-state index contributed by atoms with van der Waals surface area (Å²) < 4.78 is 15.7. The second-order valence-electron chi connectivity index (χ2n) is 6.65. The van der Waals surface area contributed by atoms with Crippen LogP contribution in [0.3, 0.4) is 0 Å². The average Bonchev–Trinajstić information content (AvgIpc) is 2.64. The van der Waals surface area contributed by atoms with Gasteiger partial charge in [-0.15, -0.1) is 0 Å². The summed E-state index contributed by atoms with van der Waals surface area (Å²) in [6.07, 6.45) is 0.0748. The van der Waals surface area contributed by atoms with Gasteiger partial charge in [0.25, 0.3) is 0 Å². The Balaban J connectivity index is 1.68. The molecule has 29 heavy (non-hydrogen) atoms. The maximum Gasteiger partial charge on any atom is 0.333 e. The van der Waals surface area contributed by atoms with Crippen molar-refractivity contribution >= 4 is 63.4 Å². The Morgan fingerprint density at radius 2 is 1.93 bits per heavy atom. The van der Waals surface area contributed by atoms with E-state index in [9.17, 15) is 18.6 Å². The molecule has 0 aliphatic carbocycles. The van der Waals surface area contributed by atoms with Gasteiger partial charge in [-0.2, -0.15) is 0 Å². The summed E-state index contributed by atoms with van der Waals surface area (Å²) in [6.45, 7) is 3.23. The zero-order chi connectivity index (χ0) is 21.3. The van der Waals surface area contributed by atoms with Crippen LogP contribution in [0.15, 0.2) is 42.5 Å². The largest absolute Gasteiger partial charge is 0.459 e. The quantitative estimate of drug-likeness (QED) is 0.299. The number of esters is 1. The lowest BCUT2D eigenvalue weighted by Crippen LogP contribution is -2.77. The number of benzene rings is 1. The molecule has 7 nitrogen and oxygen atoms in total. The van der Waals surface area contributed by atoms with Gasteiger partial charge in [-0.05, 0) is 11.1 Å². The molecule has 2 aliphatic heterocycles. The van der Waals surface area contributed by atoms with Crippen LogP contribution in [0.5, 0.6) is 0 Å². The number of hydrogen-bond acceptors (Lipinski definition) is 5. The maximum absolute atomic E-state index is 12.6. The van der Waals surface area contributed by atoms with Crippen LogP contribution >= 0.6 is 34.8 Å². The predicted molar refractivity (Wildman–Crippen MR) is 110 cm³/mol. The second kappa shape index (κ2) is 8.63. The normalized spacial score (nSPS) is 26.4. The van der Waals surface area contributed by atoms with E-state index >= 15 is 0 Å². The van der Waals surface area contributed by atoms with Crippen molar-refractivity contribution in [2.45, 2.75) is 27.7 Å². The van der Waals surface area contributed by atoms with Crippen LogP contribution in [0.4, 0.5) is 0 Å². The third-order valence-electron chi connectivity index (χ3n) is 4.47. The molecule has 0 saturated carbocycles. The molecule has 1 aromatic rings. The van der Waals surface area contributed by atoms with Gasteiger partial charge in [0.05, 0.1) is 17.2 Å². The standard InChI is InChI=1S/C18H17Cl3N2O5S/c1-10-8-29(27)16-13(22-12(24)7-11-5-3-2-4-6-11)15(25)23(16)14(10)17(26)28-9-18(19,20)21/h2-6,13-14,16H,1,7-9H2,(H,22,24)/t13?,14?,16-,29?/m1/s1. The number of halogens is 3. The highest BCUT2D eigenvalue weighted by Gasteiger charge is 2.59. The molecule has 0 radical (unpaired) electrons. The first kappa shape index (κ1) is 22.1. The SMILES string of the molecule is C=C1CS(=O)[C@@H]2C(NC(=O)Cc3ccccc3)C(=O)N2C1C(=O)OCC(Cl)(Cl)Cl. The molecule has 11 heteroatoms. The lowest BCUT2D eigenvalue weighted by Gasteiger charge is -2.52. The Hall–Kier alpha value is -1.61. The number of nitrogens with zero attached hydrogens (tertiary/aromatic N) is 1. The minimum absolute atomic E-state index is 0.00691. The van der Waals surface area contributed by atoms with Crippen LogP contribution in [0.25, 0.3) is 0 Å². The third kappa shape index (κ3) is 4.94. The summed E-state index contributed by atoms with van der Waals surface area (Å²) in [7, 11) is -1.53. The molecule has 0 spiro atoms. The number of rotatable bonds is 5. The molecule has 3 unspecified atom stereocenters. The fourth-order valence-corrected chi connectivity index (χ4v) is 5.06. The highest BCUT2D eigenvalue weighted by Crippen LogP contribution is 2.35. The number of fused-ring (bicyclic) bond motifs is 1. The van der Waals surface area contributed by atoms with Crippen LogP contribution in [0.2, 0.25) is 0 Å². The molecule has 0 bridgehead atoms. The van der Waals surface area contributed by atoms with Crippen LogP contribution in [-0.4, -0.2) is 60.5 Å². The van der Waals surface area contributed by atoms with E-state index in [1.807, 2.05) is 6.07 Å². The molecule has 2 fully saturated rings. The zero-order valence-electron chi connectivity index (χ0n) is 15.0. The van der Waals surface area contributed by atoms with Gasteiger partial charge in [0.15, 0.2) is 6.04 Å². The van der Waals surface area contributed by atoms with Gasteiger partial charge in [-0.3, -0.25) is 13.8 Å². The Morgan fingerprint density at radius 3 is 2.55 bits per heavy atom. The van der Waals surface area contributed by atoms with E-state index in [2.05, 4.69) is 11.9 Å². The molecule has 2 aliphatic rings. The van der Waals surface area contributed by atoms with Gasteiger partial charge in [0.2, 0.25) is 15.6 Å². The maximum atomic E-state index is 12.6. The van der Waals surface area contributed by atoms with Crippen molar-refractivity contribution in [3.63, 3.8) is 0 Å². The fourth-order valence-electron chi connectivity index (χ4n) is 3.23. The number of amides is 2. The number of β-lactam (4-membered cyclic amide) rings is 1. The topological polar surface area (TPSA) is 92.8 Å². The fraction of sp³-hybridized carbons (Fsp3) is 0.389. The summed E-state index contributed by atoms with van der Waals surface area (Å²) in [5.74, 6) is -1.76. The van der Waals surface area contributed by atoms with Crippen LogP contribution in [0.1, 0.15) is 5.56 Å². The molecule has 3 rings (SSSR count). The molecular formula is C18H17Cl3N2O5S. The summed E-state index contributed by atoms with van der Waals surface area (Å²) in [5.41, 5.74) is 1.04. The summed E-state index contributed by atoms with van der Waals surface area (Å²) in [5, 5.41) is 1.76. The van der Waals surface area contributed by atoms with E-state index in [4.69, 9.17) is 39.5 Å². The van der Waals surface area contributed by atoms with Crippen molar-refractivity contribution in [2.75, 3.05) is 12.4 Å². The molecule has 0 aromatic heterocycles. The Bertz CT molecular complexity index is 874. The highest BCUT2D eigenvalue weighted by atomic mass is 35.6. The van der Waals surface area contributed by atoms with Gasteiger partial charge in [0, 0.05) is 5.75 Å². The van der Waals surface area contributed by atoms with E-state index in [0.29, 0.717) is 0 Å². The lowest BCUT2D eigenvalue weighted by molar-refractivity contribution is -0.163. The minimum atomic E-state index is -1.80. The first-order valence-corrected chi connectivity index (χ1v) is 11.0. The molecule has 156 valence electrons. The number of alkyl halides is 3. The Labute approximate surface area is 184 Å². The first-order chi connectivity index (χ1) is 13.6. The van der Waals surface area contributed by atoms with E-state index in [-0.39, 0.29) is 23.7 Å². The number of carbonyl (C=O) groups is 3. The monoisotopic (exact) mass is 478 g/mol. The number of nitrogens with one attached hydrogen (secondary N) is 1. The van der Waals surface area contributed by atoms with E-state index in [0.717, 1.165) is 10.5 Å². The van der Waals surface area contributed by atoms with Crippen LogP contribution < -0.4 is 5.32 Å². The predicted octanol–water partition coefficient (Wildman–Crippen LogP) is 1.48. The van der Waals surface area contributed by atoms with Crippen molar-refractivity contribution in [1.29, 1.82) is 0 Å². The van der Waals surface area contributed by atoms with Gasteiger partial charge in [-0.25, -0.2) is 4.79 Å². The molecule has 2 heterocycles. The van der Waals surface area contributed by atoms with Crippen molar-refractivity contribution in [2.24, 2.45) is 0 Å². The Kier molecular flexibility index (Phi) is 6.57. The first-order valence-electron chi connectivity index (χ1n) is 8.52. The van der Waals surface area contributed by atoms with Crippen LogP contribution in [0, 0.1) is 0 Å². The molecule has 1 N–H and O–H groups in total. The lowest BCUT2D eigenvalue weighted by atomic mass is 9.98. The van der Waals surface area contributed by atoms with Gasteiger partial charge >= 0.3 is 5.97 Å². The molecule has 4 atom stereocenters. The Morgan fingerprint density at radius 1 is 1.28 bits per heavy atom. The van der Waals surface area contributed by atoms with E-state index in [1.54, 1.807) is 24.3 Å². The number of hydrogen-bond donors (Lipinski definition) is 1. The highest BCUT2D eigenvalue weighted by molar-refractivity contribution is 7.86. The smallest absolute Gasteiger partial charge is 0.333 e. The summed E-state index contributed by atoms with van der Waals surface area (Å²) in [6, 6.07) is 6.88. The van der Waals surface area contributed by atoms with Gasteiger partial charge < -0.3 is 15.0 Å². The van der Waals surface area contributed by atoms with E-state index < -0.39 is 50.5 Å². The van der Waals surface area contributed by atoms with Crippen molar-refractivity contribution in [3.8, 4) is 0 Å². The van der Waals surface area contributed by atoms with Crippen molar-refractivity contribution in [1.82, 2.24) is 10.2 Å². The number of carbonyl (C=O) groups excluding carboxylic acids is 3. The van der Waals surface area contributed by atoms with Crippen LogP contribution in [-0.2, 0) is 36.3 Å². The van der Waals surface area contributed by atoms with Crippen molar-refractivity contribution < 1.29 is 23.3 Å². The second-order valence-corrected chi connectivity index (χ2v) is 10.7. The van der Waals surface area contributed by atoms with Gasteiger partial charge in [-0.1, -0.05) is 71.7 Å². The zero-order valence-corrected chi connectivity index (χ0v) is 18.1. The van der Waals surface area contributed by atoms with E-state index in [1.165, 1.54) is 0 Å². The third-order valence-corrected chi connectivity index (χ3v) is 6.49. The molecular weight excluding hydrogens is 463 g/mol.